The number of carbonyl (C=O) groups excluding carboxylic acids is 1. The molecule has 0 saturated heterocycles. The molecule has 3 aromatic rings. The van der Waals surface area contributed by atoms with Crippen molar-refractivity contribution in [2.24, 2.45) is 0 Å². The number of amides is 1. The number of aromatic nitrogens is 3. The second kappa shape index (κ2) is 8.01. The van der Waals surface area contributed by atoms with Crippen LogP contribution in [0, 0.1) is 11.3 Å². The summed E-state index contributed by atoms with van der Waals surface area (Å²) in [4.78, 5) is 25.1. The van der Waals surface area contributed by atoms with E-state index in [4.69, 9.17) is 10.00 Å². The third kappa shape index (κ3) is 3.76. The molecule has 1 aliphatic rings. The van der Waals surface area contributed by atoms with Crippen LogP contribution in [0.15, 0.2) is 48.9 Å². The van der Waals surface area contributed by atoms with Gasteiger partial charge in [0.2, 0.25) is 5.69 Å². The molecule has 0 aliphatic heterocycles. The topological polar surface area (TPSA) is 101 Å². The van der Waals surface area contributed by atoms with E-state index in [1.54, 1.807) is 6.20 Å². The van der Waals surface area contributed by atoms with Crippen molar-refractivity contribution in [2.45, 2.75) is 37.8 Å². The van der Waals surface area contributed by atoms with E-state index in [2.05, 4.69) is 20.3 Å². The number of nitrogens with one attached hydrogen (secondary N) is 1. The second-order valence-corrected chi connectivity index (χ2v) is 6.77. The van der Waals surface area contributed by atoms with Crippen molar-refractivity contribution in [3.05, 3.63) is 60.3 Å². The minimum absolute atomic E-state index is 0.0346. The van der Waals surface area contributed by atoms with Gasteiger partial charge in [0.05, 0.1) is 0 Å². The summed E-state index contributed by atoms with van der Waals surface area (Å²) in [5.41, 5.74) is 0.648. The fraction of sp³-hybridized carbons (Fsp3) is 0.286. The van der Waals surface area contributed by atoms with E-state index < -0.39 is 0 Å². The Labute approximate surface area is 162 Å². The molecule has 0 unspecified atom stereocenters. The molecule has 0 atom stereocenters. The summed E-state index contributed by atoms with van der Waals surface area (Å²) in [6.07, 6.45) is 7.75. The number of hydrogen-bond acceptors (Lipinski definition) is 6. The van der Waals surface area contributed by atoms with Gasteiger partial charge in [0.15, 0.2) is 0 Å². The van der Waals surface area contributed by atoms with Crippen LogP contribution in [0.2, 0.25) is 0 Å². The van der Waals surface area contributed by atoms with Crippen LogP contribution in [0.3, 0.4) is 0 Å². The standard InChI is InChI=1S/C21H19N5O2/c22-13-18-21(25-12-11-23-18)28-16-7-5-15(6-8-16)26-20(27)19-17-4-2-1-3-14(17)9-10-24-19/h1-4,9-12,15-16H,5-8H2,(H,26,27). The normalized spacial score (nSPS) is 19.0. The molecule has 140 valence electrons. The quantitative estimate of drug-likeness (QED) is 0.754. The molecule has 1 fully saturated rings. The highest BCUT2D eigenvalue weighted by Gasteiger charge is 2.25. The van der Waals surface area contributed by atoms with E-state index in [9.17, 15) is 4.79 Å². The molecule has 1 N–H and O–H groups in total. The van der Waals surface area contributed by atoms with E-state index in [1.807, 2.05) is 36.4 Å². The molecule has 2 aromatic heterocycles. The number of fused-ring (bicyclic) bond motifs is 1. The van der Waals surface area contributed by atoms with Crippen molar-refractivity contribution in [3.8, 4) is 11.9 Å². The highest BCUT2D eigenvalue weighted by molar-refractivity contribution is 6.05. The van der Waals surface area contributed by atoms with Gasteiger partial charge < -0.3 is 10.1 Å². The summed E-state index contributed by atoms with van der Waals surface area (Å²) >= 11 is 0. The molecule has 0 bridgehead atoms. The predicted octanol–water partition coefficient (Wildman–Crippen LogP) is 3.02. The molecule has 0 spiro atoms. The molecular formula is C21H19N5O2. The van der Waals surface area contributed by atoms with Crippen LogP contribution >= 0.6 is 0 Å². The third-order valence-electron chi connectivity index (χ3n) is 4.95. The van der Waals surface area contributed by atoms with Gasteiger partial charge in [-0.1, -0.05) is 24.3 Å². The zero-order chi connectivity index (χ0) is 19.3. The van der Waals surface area contributed by atoms with Gasteiger partial charge in [-0.25, -0.2) is 9.97 Å². The van der Waals surface area contributed by atoms with Crippen LogP contribution in [0.5, 0.6) is 5.88 Å². The van der Waals surface area contributed by atoms with Crippen molar-refractivity contribution in [1.29, 1.82) is 5.26 Å². The Bertz CT molecular complexity index is 1030. The maximum Gasteiger partial charge on any atom is 0.270 e. The number of benzene rings is 1. The Morgan fingerprint density at radius 2 is 1.82 bits per heavy atom. The lowest BCUT2D eigenvalue weighted by atomic mass is 9.92. The van der Waals surface area contributed by atoms with Crippen molar-refractivity contribution in [3.63, 3.8) is 0 Å². The number of nitriles is 1. The number of ether oxygens (including phenoxy) is 1. The first-order chi connectivity index (χ1) is 13.7. The van der Waals surface area contributed by atoms with Crippen molar-refractivity contribution < 1.29 is 9.53 Å². The highest BCUT2D eigenvalue weighted by Crippen LogP contribution is 2.24. The Kier molecular flexibility index (Phi) is 5.11. The van der Waals surface area contributed by atoms with Crippen LogP contribution in [0.4, 0.5) is 0 Å². The molecule has 1 amide bonds. The highest BCUT2D eigenvalue weighted by atomic mass is 16.5. The summed E-state index contributed by atoms with van der Waals surface area (Å²) in [5, 5.41) is 14.0. The van der Waals surface area contributed by atoms with E-state index in [0.717, 1.165) is 36.5 Å². The lowest BCUT2D eigenvalue weighted by Gasteiger charge is -2.29. The van der Waals surface area contributed by atoms with E-state index in [1.165, 1.54) is 12.4 Å². The largest absolute Gasteiger partial charge is 0.472 e. The lowest BCUT2D eigenvalue weighted by Crippen LogP contribution is -2.40. The van der Waals surface area contributed by atoms with Gasteiger partial charge in [0.1, 0.15) is 17.9 Å². The van der Waals surface area contributed by atoms with Gasteiger partial charge in [-0.3, -0.25) is 9.78 Å². The molecule has 0 radical (unpaired) electrons. The Hall–Kier alpha value is -3.53. The zero-order valence-electron chi connectivity index (χ0n) is 15.2. The van der Waals surface area contributed by atoms with Gasteiger partial charge in [-0.05, 0) is 37.1 Å². The number of rotatable bonds is 4. The van der Waals surface area contributed by atoms with Gasteiger partial charge >= 0.3 is 0 Å². The maximum absolute atomic E-state index is 12.7. The first-order valence-corrected chi connectivity index (χ1v) is 9.27. The van der Waals surface area contributed by atoms with Gasteiger partial charge in [-0.15, -0.1) is 0 Å². The lowest BCUT2D eigenvalue weighted by molar-refractivity contribution is 0.0886. The van der Waals surface area contributed by atoms with Crippen LogP contribution in [0.25, 0.3) is 10.8 Å². The molecule has 28 heavy (non-hydrogen) atoms. The summed E-state index contributed by atoms with van der Waals surface area (Å²) in [5.74, 6) is 0.124. The Morgan fingerprint density at radius 1 is 1.04 bits per heavy atom. The summed E-state index contributed by atoms with van der Waals surface area (Å²) < 4.78 is 5.85. The first-order valence-electron chi connectivity index (χ1n) is 9.27. The summed E-state index contributed by atoms with van der Waals surface area (Å²) in [6, 6.07) is 11.7. The molecular weight excluding hydrogens is 354 g/mol. The monoisotopic (exact) mass is 373 g/mol. The van der Waals surface area contributed by atoms with Crippen molar-refractivity contribution in [1.82, 2.24) is 20.3 Å². The Balaban J connectivity index is 1.37. The van der Waals surface area contributed by atoms with E-state index >= 15 is 0 Å². The fourth-order valence-corrected chi connectivity index (χ4v) is 3.53. The van der Waals surface area contributed by atoms with Gasteiger partial charge in [0.25, 0.3) is 11.8 Å². The molecule has 4 rings (SSSR count). The molecule has 1 aromatic carbocycles. The summed E-state index contributed by atoms with van der Waals surface area (Å²) in [7, 11) is 0. The number of pyridine rings is 1. The van der Waals surface area contributed by atoms with Crippen molar-refractivity contribution in [2.75, 3.05) is 0 Å². The van der Waals surface area contributed by atoms with Gasteiger partial charge in [0, 0.05) is 30.0 Å². The molecule has 7 heteroatoms. The second-order valence-electron chi connectivity index (χ2n) is 6.77. The van der Waals surface area contributed by atoms with Crippen LogP contribution in [-0.4, -0.2) is 33.0 Å². The minimum atomic E-state index is -0.151. The molecule has 7 nitrogen and oxygen atoms in total. The summed E-state index contributed by atoms with van der Waals surface area (Å²) in [6.45, 7) is 0. The number of nitrogens with zero attached hydrogens (tertiary/aromatic N) is 4. The minimum Gasteiger partial charge on any atom is -0.472 e. The number of carbonyl (C=O) groups is 1. The SMILES string of the molecule is N#Cc1nccnc1OC1CCC(NC(=O)c2nccc3ccccc23)CC1. The zero-order valence-corrected chi connectivity index (χ0v) is 15.2. The van der Waals surface area contributed by atoms with Crippen LogP contribution in [-0.2, 0) is 0 Å². The average Bonchev–Trinajstić information content (AvgIpc) is 2.75. The molecule has 2 heterocycles. The van der Waals surface area contributed by atoms with Crippen molar-refractivity contribution >= 4 is 16.7 Å². The van der Waals surface area contributed by atoms with Crippen LogP contribution in [0.1, 0.15) is 41.9 Å². The smallest absolute Gasteiger partial charge is 0.270 e. The third-order valence-corrected chi connectivity index (χ3v) is 4.95. The Morgan fingerprint density at radius 3 is 2.64 bits per heavy atom. The first kappa shape index (κ1) is 17.9. The molecule has 1 saturated carbocycles. The maximum atomic E-state index is 12.7. The predicted molar refractivity (Wildman–Crippen MR) is 103 cm³/mol. The number of hydrogen-bond donors (Lipinski definition) is 1. The van der Waals surface area contributed by atoms with E-state index in [0.29, 0.717) is 5.69 Å². The average molecular weight is 373 g/mol. The van der Waals surface area contributed by atoms with E-state index in [-0.39, 0.29) is 29.6 Å². The molecule has 1 aliphatic carbocycles. The fourth-order valence-electron chi connectivity index (χ4n) is 3.53. The van der Waals surface area contributed by atoms with Crippen LogP contribution < -0.4 is 10.1 Å². The van der Waals surface area contributed by atoms with Gasteiger partial charge in [-0.2, -0.15) is 5.26 Å².